The van der Waals surface area contributed by atoms with Crippen LogP contribution >= 0.6 is 0 Å². The molecule has 0 fully saturated rings. The smallest absolute Gasteiger partial charge is 0.315 e. The second kappa shape index (κ2) is 4.45. The third-order valence-electron chi connectivity index (χ3n) is 2.31. The van der Waals surface area contributed by atoms with Crippen LogP contribution in [-0.2, 0) is 9.53 Å². The lowest BCUT2D eigenvalue weighted by Crippen LogP contribution is -2.43. The van der Waals surface area contributed by atoms with E-state index in [1.165, 1.54) is 7.11 Å². The van der Waals surface area contributed by atoms with Gasteiger partial charge in [0.2, 0.25) is 0 Å². The first kappa shape index (κ1) is 11.7. The number of hydrogen-bond donors (Lipinski definition) is 1. The lowest BCUT2D eigenvalue weighted by molar-refractivity contribution is -0.143. The van der Waals surface area contributed by atoms with Gasteiger partial charge in [-0.3, -0.25) is 4.79 Å². The van der Waals surface area contributed by atoms with Crippen molar-refractivity contribution in [1.82, 2.24) is 0 Å². The predicted octanol–water partition coefficient (Wildman–Crippen LogP) is 1.68. The van der Waals surface area contributed by atoms with Gasteiger partial charge >= 0.3 is 5.97 Å². The lowest BCUT2D eigenvalue weighted by Gasteiger charge is -2.28. The normalized spacial score (nSPS) is 13.3. The summed E-state index contributed by atoms with van der Waals surface area (Å²) < 4.78 is 4.77. The highest BCUT2D eigenvalue weighted by atomic mass is 16.5. The average molecular weight is 207 g/mol. The summed E-state index contributed by atoms with van der Waals surface area (Å²) >= 11 is 0. The molecule has 0 aliphatic carbocycles. The zero-order valence-corrected chi connectivity index (χ0v) is 9.36. The second-order valence-corrected chi connectivity index (χ2v) is 4.19. The van der Waals surface area contributed by atoms with Crippen molar-refractivity contribution >= 4 is 5.97 Å². The zero-order chi connectivity index (χ0) is 11.5. The number of esters is 1. The maximum absolute atomic E-state index is 11.7. The summed E-state index contributed by atoms with van der Waals surface area (Å²) in [4.78, 5) is 11.7. The summed E-state index contributed by atoms with van der Waals surface area (Å²) in [6.07, 6.45) is 0. The Morgan fingerprint density at radius 2 is 1.87 bits per heavy atom. The van der Waals surface area contributed by atoms with Gasteiger partial charge in [0.25, 0.3) is 0 Å². The molecule has 0 bridgehead atoms. The van der Waals surface area contributed by atoms with Gasteiger partial charge in [0.05, 0.1) is 13.0 Å². The van der Waals surface area contributed by atoms with Crippen molar-refractivity contribution in [1.29, 1.82) is 0 Å². The largest absolute Gasteiger partial charge is 0.468 e. The van der Waals surface area contributed by atoms with Crippen LogP contribution in [0, 0.1) is 0 Å². The van der Waals surface area contributed by atoms with Gasteiger partial charge in [0.15, 0.2) is 0 Å². The molecule has 0 aromatic heterocycles. The van der Waals surface area contributed by atoms with Crippen LogP contribution < -0.4 is 5.73 Å². The van der Waals surface area contributed by atoms with Gasteiger partial charge in [-0.25, -0.2) is 0 Å². The number of ether oxygens (including phenoxy) is 1. The number of hydrogen-bond acceptors (Lipinski definition) is 3. The van der Waals surface area contributed by atoms with E-state index in [2.05, 4.69) is 0 Å². The molecule has 82 valence electrons. The van der Waals surface area contributed by atoms with Crippen LogP contribution in [0.15, 0.2) is 30.3 Å². The van der Waals surface area contributed by atoms with Crippen LogP contribution in [0.25, 0.3) is 0 Å². The van der Waals surface area contributed by atoms with Crippen LogP contribution in [0.2, 0.25) is 0 Å². The van der Waals surface area contributed by atoms with Crippen LogP contribution in [0.5, 0.6) is 0 Å². The molecule has 0 aliphatic rings. The van der Waals surface area contributed by atoms with Gasteiger partial charge in [0, 0.05) is 5.54 Å². The number of nitrogens with two attached hydrogens (primary N) is 1. The number of benzene rings is 1. The van der Waals surface area contributed by atoms with Gasteiger partial charge in [-0.2, -0.15) is 0 Å². The number of carbonyl (C=O) groups excluding carboxylic acids is 1. The van der Waals surface area contributed by atoms with E-state index in [0.29, 0.717) is 0 Å². The van der Waals surface area contributed by atoms with Crippen LogP contribution in [-0.4, -0.2) is 18.6 Å². The van der Waals surface area contributed by atoms with Crippen molar-refractivity contribution in [3.8, 4) is 0 Å². The Kier molecular flexibility index (Phi) is 3.48. The molecular formula is C12H17NO2. The number of methoxy groups -OCH3 is 1. The standard InChI is InChI=1S/C12H17NO2/c1-12(2,13)10(11(14)15-3)9-7-5-4-6-8-9/h4-8,10H,13H2,1-3H3. The van der Waals surface area contributed by atoms with E-state index in [9.17, 15) is 4.79 Å². The Morgan fingerprint density at radius 3 is 2.27 bits per heavy atom. The molecule has 0 saturated carbocycles. The van der Waals surface area contributed by atoms with E-state index in [4.69, 9.17) is 10.5 Å². The molecule has 1 rings (SSSR count). The third-order valence-corrected chi connectivity index (χ3v) is 2.31. The molecule has 0 saturated heterocycles. The molecule has 0 aliphatic heterocycles. The molecular weight excluding hydrogens is 190 g/mol. The van der Waals surface area contributed by atoms with Gasteiger partial charge in [-0.15, -0.1) is 0 Å². The number of carbonyl (C=O) groups is 1. The summed E-state index contributed by atoms with van der Waals surface area (Å²) in [6.45, 7) is 3.64. The molecule has 0 amide bonds. The van der Waals surface area contributed by atoms with Crippen molar-refractivity contribution in [3.05, 3.63) is 35.9 Å². The van der Waals surface area contributed by atoms with Crippen LogP contribution in [0.1, 0.15) is 25.3 Å². The second-order valence-electron chi connectivity index (χ2n) is 4.19. The van der Waals surface area contributed by atoms with E-state index < -0.39 is 11.5 Å². The first-order chi connectivity index (χ1) is 6.96. The lowest BCUT2D eigenvalue weighted by atomic mass is 9.83. The molecule has 1 atom stereocenters. The third kappa shape index (κ3) is 2.80. The fourth-order valence-electron chi connectivity index (χ4n) is 1.63. The van der Waals surface area contributed by atoms with E-state index >= 15 is 0 Å². The Labute approximate surface area is 90.2 Å². The first-order valence-electron chi connectivity index (χ1n) is 4.88. The highest BCUT2D eigenvalue weighted by Gasteiger charge is 2.33. The highest BCUT2D eigenvalue weighted by molar-refractivity contribution is 5.79. The summed E-state index contributed by atoms with van der Waals surface area (Å²) in [7, 11) is 1.38. The van der Waals surface area contributed by atoms with Gasteiger partial charge < -0.3 is 10.5 Å². The zero-order valence-electron chi connectivity index (χ0n) is 9.36. The Hall–Kier alpha value is -1.35. The van der Waals surface area contributed by atoms with Crippen molar-refractivity contribution in [2.24, 2.45) is 5.73 Å². The topological polar surface area (TPSA) is 52.3 Å². The van der Waals surface area contributed by atoms with Crippen molar-refractivity contribution < 1.29 is 9.53 Å². The minimum atomic E-state index is -0.631. The molecule has 3 heteroatoms. The fourth-order valence-corrected chi connectivity index (χ4v) is 1.63. The molecule has 0 radical (unpaired) electrons. The minimum Gasteiger partial charge on any atom is -0.468 e. The maximum atomic E-state index is 11.7. The molecule has 1 aromatic carbocycles. The van der Waals surface area contributed by atoms with Crippen LogP contribution in [0.3, 0.4) is 0 Å². The van der Waals surface area contributed by atoms with Gasteiger partial charge in [-0.05, 0) is 19.4 Å². The Morgan fingerprint density at radius 1 is 1.33 bits per heavy atom. The molecule has 15 heavy (non-hydrogen) atoms. The van der Waals surface area contributed by atoms with Crippen molar-refractivity contribution in [2.45, 2.75) is 25.3 Å². The molecule has 0 heterocycles. The van der Waals surface area contributed by atoms with E-state index in [-0.39, 0.29) is 5.97 Å². The van der Waals surface area contributed by atoms with E-state index in [0.717, 1.165) is 5.56 Å². The summed E-state index contributed by atoms with van der Waals surface area (Å²) in [5.74, 6) is -0.725. The number of rotatable bonds is 3. The molecule has 0 spiro atoms. The van der Waals surface area contributed by atoms with E-state index in [1.807, 2.05) is 44.2 Å². The van der Waals surface area contributed by atoms with Crippen molar-refractivity contribution in [2.75, 3.05) is 7.11 Å². The monoisotopic (exact) mass is 207 g/mol. The molecule has 1 unspecified atom stereocenters. The first-order valence-corrected chi connectivity index (χ1v) is 4.88. The molecule has 1 aromatic rings. The molecule has 2 N–H and O–H groups in total. The summed E-state index contributed by atoms with van der Waals surface area (Å²) in [5.41, 5.74) is 6.24. The van der Waals surface area contributed by atoms with Crippen LogP contribution in [0.4, 0.5) is 0 Å². The Balaban J connectivity index is 3.08. The van der Waals surface area contributed by atoms with Gasteiger partial charge in [-0.1, -0.05) is 30.3 Å². The Bertz CT molecular complexity index is 327. The van der Waals surface area contributed by atoms with E-state index in [1.54, 1.807) is 0 Å². The fraction of sp³-hybridized carbons (Fsp3) is 0.417. The predicted molar refractivity (Wildman–Crippen MR) is 59.5 cm³/mol. The average Bonchev–Trinajstić information content (AvgIpc) is 2.17. The highest BCUT2D eigenvalue weighted by Crippen LogP contribution is 2.27. The summed E-state index contributed by atoms with van der Waals surface area (Å²) in [5, 5.41) is 0. The van der Waals surface area contributed by atoms with Crippen molar-refractivity contribution in [3.63, 3.8) is 0 Å². The van der Waals surface area contributed by atoms with Gasteiger partial charge in [0.1, 0.15) is 0 Å². The SMILES string of the molecule is COC(=O)C(c1ccccc1)C(C)(C)N. The molecule has 3 nitrogen and oxygen atoms in total. The minimum absolute atomic E-state index is 0.297. The quantitative estimate of drug-likeness (QED) is 0.767. The maximum Gasteiger partial charge on any atom is 0.315 e. The summed E-state index contributed by atoms with van der Waals surface area (Å²) in [6, 6.07) is 9.45.